The van der Waals surface area contributed by atoms with E-state index in [4.69, 9.17) is 5.73 Å². The van der Waals surface area contributed by atoms with Gasteiger partial charge in [0.15, 0.2) is 0 Å². The van der Waals surface area contributed by atoms with Crippen LogP contribution >= 0.6 is 11.5 Å². The molecule has 8 heteroatoms. The van der Waals surface area contributed by atoms with Crippen LogP contribution in [0.5, 0.6) is 0 Å². The van der Waals surface area contributed by atoms with E-state index in [1.165, 1.54) is 11.5 Å². The molecule has 0 bridgehead atoms. The maximum atomic E-state index is 11.9. The van der Waals surface area contributed by atoms with Crippen LogP contribution in [0.25, 0.3) is 0 Å². The lowest BCUT2D eigenvalue weighted by molar-refractivity contribution is -0.121. The molecule has 0 fully saturated rings. The molecule has 0 spiro atoms. The van der Waals surface area contributed by atoms with Gasteiger partial charge < -0.3 is 5.73 Å². The van der Waals surface area contributed by atoms with Crippen LogP contribution in [0.2, 0.25) is 0 Å². The number of anilines is 1. The van der Waals surface area contributed by atoms with Gasteiger partial charge in [0, 0.05) is 5.69 Å². The first-order chi connectivity index (χ1) is 9.88. The maximum absolute atomic E-state index is 11.9. The number of rotatable bonds is 4. The highest BCUT2D eigenvalue weighted by Crippen LogP contribution is 2.21. The second kappa shape index (κ2) is 6.04. The van der Waals surface area contributed by atoms with E-state index in [9.17, 15) is 4.79 Å². The Hall–Kier alpha value is -2.22. The Balaban J connectivity index is 2.03. The summed E-state index contributed by atoms with van der Waals surface area (Å²) in [5, 5.41) is 8.92. The van der Waals surface area contributed by atoms with Gasteiger partial charge in [-0.05, 0) is 45.3 Å². The molecular formula is C13H18N6OS. The standard InChI is InChI=1S/C13H18N6OS/c1-7-5-8(2)19(17-7)6-11(20)16-15-9(3)12-10(4)18-21-13(12)14/h5H,6,14H2,1-4H3,(H,16,20)/b15-9-. The topological polar surface area (TPSA) is 98.2 Å². The van der Waals surface area contributed by atoms with Crippen molar-refractivity contribution in [3.05, 3.63) is 28.7 Å². The van der Waals surface area contributed by atoms with E-state index in [0.29, 0.717) is 10.7 Å². The van der Waals surface area contributed by atoms with Crippen molar-refractivity contribution in [1.29, 1.82) is 0 Å². The first kappa shape index (κ1) is 15.2. The van der Waals surface area contributed by atoms with Crippen LogP contribution in [0.15, 0.2) is 11.2 Å². The summed E-state index contributed by atoms with van der Waals surface area (Å²) in [5.41, 5.74) is 12.4. The zero-order valence-corrected chi connectivity index (χ0v) is 13.3. The lowest BCUT2D eigenvalue weighted by atomic mass is 10.2. The lowest BCUT2D eigenvalue weighted by Gasteiger charge is -2.05. The Kier molecular flexibility index (Phi) is 4.37. The zero-order valence-electron chi connectivity index (χ0n) is 12.5. The number of carbonyl (C=O) groups is 1. The van der Waals surface area contributed by atoms with Crippen molar-refractivity contribution < 1.29 is 4.79 Å². The summed E-state index contributed by atoms with van der Waals surface area (Å²) in [5.74, 6) is -0.236. The molecule has 7 nitrogen and oxygen atoms in total. The van der Waals surface area contributed by atoms with E-state index in [-0.39, 0.29) is 12.5 Å². The van der Waals surface area contributed by atoms with Gasteiger partial charge in [0.05, 0.1) is 22.7 Å². The van der Waals surface area contributed by atoms with Crippen molar-refractivity contribution >= 4 is 28.2 Å². The number of nitrogens with one attached hydrogen (secondary N) is 1. The summed E-state index contributed by atoms with van der Waals surface area (Å²) in [6.07, 6.45) is 0. The number of aryl methyl sites for hydroxylation is 3. The minimum Gasteiger partial charge on any atom is -0.389 e. The highest BCUT2D eigenvalue weighted by Gasteiger charge is 2.12. The molecule has 0 saturated heterocycles. The molecule has 21 heavy (non-hydrogen) atoms. The second-order valence-electron chi connectivity index (χ2n) is 4.82. The number of nitrogens with two attached hydrogens (primary N) is 1. The van der Waals surface area contributed by atoms with Crippen LogP contribution < -0.4 is 11.2 Å². The van der Waals surface area contributed by atoms with Gasteiger partial charge in [0.25, 0.3) is 5.91 Å². The maximum Gasteiger partial charge on any atom is 0.261 e. The van der Waals surface area contributed by atoms with Crippen molar-refractivity contribution in [2.24, 2.45) is 5.10 Å². The monoisotopic (exact) mass is 306 g/mol. The molecule has 2 aromatic heterocycles. The van der Waals surface area contributed by atoms with E-state index >= 15 is 0 Å². The van der Waals surface area contributed by atoms with Crippen LogP contribution in [-0.2, 0) is 11.3 Å². The molecule has 0 atom stereocenters. The molecule has 1 amide bonds. The Morgan fingerprint density at radius 1 is 1.48 bits per heavy atom. The molecule has 2 aromatic rings. The molecule has 0 saturated carbocycles. The predicted octanol–water partition coefficient (Wildman–Crippen LogP) is 1.39. The van der Waals surface area contributed by atoms with Crippen LogP contribution in [0.3, 0.4) is 0 Å². The van der Waals surface area contributed by atoms with E-state index < -0.39 is 0 Å². The van der Waals surface area contributed by atoms with E-state index in [0.717, 1.165) is 22.6 Å². The van der Waals surface area contributed by atoms with Gasteiger partial charge in [-0.25, -0.2) is 5.43 Å². The third kappa shape index (κ3) is 3.46. The normalized spacial score (nSPS) is 11.7. The van der Waals surface area contributed by atoms with E-state index in [1.807, 2.05) is 26.8 Å². The van der Waals surface area contributed by atoms with Gasteiger partial charge >= 0.3 is 0 Å². The largest absolute Gasteiger partial charge is 0.389 e. The van der Waals surface area contributed by atoms with Gasteiger partial charge in [-0.2, -0.15) is 14.6 Å². The summed E-state index contributed by atoms with van der Waals surface area (Å²) in [6.45, 7) is 7.57. The van der Waals surface area contributed by atoms with Gasteiger partial charge in [-0.1, -0.05) is 0 Å². The third-order valence-corrected chi connectivity index (χ3v) is 3.76. The first-order valence-corrected chi connectivity index (χ1v) is 7.22. The Bertz CT molecular complexity index is 680. The summed E-state index contributed by atoms with van der Waals surface area (Å²) >= 11 is 1.22. The molecule has 0 aliphatic heterocycles. The molecular weight excluding hydrogens is 288 g/mol. The summed E-state index contributed by atoms with van der Waals surface area (Å²) in [4.78, 5) is 11.9. The van der Waals surface area contributed by atoms with Crippen LogP contribution in [-0.4, -0.2) is 25.8 Å². The summed E-state index contributed by atoms with van der Waals surface area (Å²) < 4.78 is 5.80. The molecule has 2 heterocycles. The molecule has 3 N–H and O–H groups in total. The van der Waals surface area contributed by atoms with Crippen molar-refractivity contribution in [2.45, 2.75) is 34.2 Å². The van der Waals surface area contributed by atoms with Crippen LogP contribution in [0, 0.1) is 20.8 Å². The van der Waals surface area contributed by atoms with Gasteiger partial charge in [0.1, 0.15) is 11.5 Å². The number of amides is 1. The van der Waals surface area contributed by atoms with Gasteiger partial charge in [0.2, 0.25) is 0 Å². The number of nitrogen functional groups attached to an aromatic ring is 1. The number of hydrogen-bond donors (Lipinski definition) is 2. The van der Waals surface area contributed by atoms with Crippen molar-refractivity contribution in [1.82, 2.24) is 19.6 Å². The Morgan fingerprint density at radius 2 is 2.19 bits per heavy atom. The molecule has 112 valence electrons. The van der Waals surface area contributed by atoms with Gasteiger partial charge in [-0.3, -0.25) is 9.48 Å². The predicted molar refractivity (Wildman–Crippen MR) is 83.3 cm³/mol. The highest BCUT2D eigenvalue weighted by molar-refractivity contribution is 7.10. The van der Waals surface area contributed by atoms with Crippen molar-refractivity contribution in [2.75, 3.05) is 5.73 Å². The highest BCUT2D eigenvalue weighted by atomic mass is 32.1. The third-order valence-electron chi connectivity index (χ3n) is 3.00. The first-order valence-electron chi connectivity index (χ1n) is 6.44. The van der Waals surface area contributed by atoms with Crippen molar-refractivity contribution in [3.63, 3.8) is 0 Å². The SMILES string of the molecule is C/C(=N/NC(=O)Cn1nc(C)cc1C)c1c(C)nsc1N. The van der Waals surface area contributed by atoms with Gasteiger partial charge in [-0.15, -0.1) is 0 Å². The molecule has 0 aliphatic rings. The fourth-order valence-electron chi connectivity index (χ4n) is 2.04. The average molecular weight is 306 g/mol. The van der Waals surface area contributed by atoms with Crippen molar-refractivity contribution in [3.8, 4) is 0 Å². The van der Waals surface area contributed by atoms with Crippen LogP contribution in [0.1, 0.15) is 29.6 Å². The fraction of sp³-hybridized carbons (Fsp3) is 0.385. The zero-order chi connectivity index (χ0) is 15.6. The quantitative estimate of drug-likeness (QED) is 0.658. The number of hydrazone groups is 1. The minimum absolute atomic E-state index is 0.132. The lowest BCUT2D eigenvalue weighted by Crippen LogP contribution is -2.25. The van der Waals surface area contributed by atoms with Crippen LogP contribution in [0.4, 0.5) is 5.00 Å². The second-order valence-corrected chi connectivity index (χ2v) is 5.63. The molecule has 0 unspecified atom stereocenters. The smallest absolute Gasteiger partial charge is 0.261 e. The average Bonchev–Trinajstić information content (AvgIpc) is 2.89. The molecule has 2 rings (SSSR count). The molecule has 0 aromatic carbocycles. The number of hydrogen-bond acceptors (Lipinski definition) is 6. The Labute approximate surface area is 127 Å². The number of carbonyl (C=O) groups excluding carboxylic acids is 1. The summed E-state index contributed by atoms with van der Waals surface area (Å²) in [7, 11) is 0. The molecule has 0 aliphatic carbocycles. The number of nitrogens with zero attached hydrogens (tertiary/aromatic N) is 4. The fourth-order valence-corrected chi connectivity index (χ4v) is 2.75. The Morgan fingerprint density at radius 3 is 2.71 bits per heavy atom. The number of aromatic nitrogens is 3. The summed E-state index contributed by atoms with van der Waals surface area (Å²) in [6, 6.07) is 1.92. The van der Waals surface area contributed by atoms with E-state index in [2.05, 4.69) is 20.0 Å². The van der Waals surface area contributed by atoms with E-state index in [1.54, 1.807) is 11.6 Å². The molecule has 0 radical (unpaired) electrons. The minimum atomic E-state index is -0.236.